The van der Waals surface area contributed by atoms with Gasteiger partial charge in [0.05, 0.1) is 6.54 Å². The topological polar surface area (TPSA) is 27.6 Å². The molecule has 0 aromatic rings. The van der Waals surface area contributed by atoms with E-state index in [2.05, 4.69) is 31.0 Å². The molecule has 104 valence electrons. The van der Waals surface area contributed by atoms with Gasteiger partial charge < -0.3 is 5.32 Å². The number of nitrogens with zero attached hydrogens (tertiary/aromatic N) is 2. The zero-order valence-corrected chi connectivity index (χ0v) is 12.8. The lowest BCUT2D eigenvalue weighted by atomic mass is 10.1. The molecule has 0 saturated carbocycles. The van der Waals surface area contributed by atoms with E-state index in [4.69, 9.17) is 4.99 Å². The van der Waals surface area contributed by atoms with Crippen LogP contribution in [0.1, 0.15) is 46.5 Å². The van der Waals surface area contributed by atoms with Gasteiger partial charge in [-0.1, -0.05) is 25.1 Å². The van der Waals surface area contributed by atoms with Crippen molar-refractivity contribution in [1.82, 2.24) is 10.2 Å². The van der Waals surface area contributed by atoms with Gasteiger partial charge in [0, 0.05) is 17.3 Å². The number of nitrogens with one attached hydrogen (secondary N) is 1. The lowest BCUT2D eigenvalue weighted by molar-refractivity contribution is 0.178. The highest BCUT2D eigenvalue weighted by Gasteiger charge is 2.21. The number of hydrogen-bond acceptors (Lipinski definition) is 3. The zero-order valence-electron chi connectivity index (χ0n) is 12.0. The molecular weight excluding hydrogens is 242 g/mol. The number of hydrogen-bond donors (Lipinski definition) is 1. The number of amidine groups is 1. The first-order valence-electron chi connectivity index (χ1n) is 7.37. The lowest BCUT2D eigenvalue weighted by Crippen LogP contribution is -2.41. The standard InChI is InChI=1S/C14H27N3S/c1-11-9-13(3)18-14(16-11)15-10-12(2)17-7-5-4-6-8-17/h11-13H,4-10H2,1-3H3,(H,15,16). The molecule has 0 amide bonds. The van der Waals surface area contributed by atoms with Gasteiger partial charge in [0.2, 0.25) is 0 Å². The Hall–Kier alpha value is -0.220. The van der Waals surface area contributed by atoms with Gasteiger partial charge in [-0.15, -0.1) is 0 Å². The van der Waals surface area contributed by atoms with Crippen LogP contribution < -0.4 is 5.32 Å². The summed E-state index contributed by atoms with van der Waals surface area (Å²) in [5.74, 6) is 0. The first-order valence-corrected chi connectivity index (χ1v) is 8.25. The maximum atomic E-state index is 4.79. The predicted molar refractivity (Wildman–Crippen MR) is 81.5 cm³/mol. The fraction of sp³-hybridized carbons (Fsp3) is 0.929. The highest BCUT2D eigenvalue weighted by Crippen LogP contribution is 2.22. The molecule has 2 fully saturated rings. The summed E-state index contributed by atoms with van der Waals surface area (Å²) in [6.45, 7) is 10.3. The molecule has 0 bridgehead atoms. The summed E-state index contributed by atoms with van der Waals surface area (Å²) in [6.07, 6.45) is 5.37. The second-order valence-corrected chi connectivity index (χ2v) is 7.23. The molecule has 0 spiro atoms. The lowest BCUT2D eigenvalue weighted by Gasteiger charge is -2.32. The van der Waals surface area contributed by atoms with E-state index >= 15 is 0 Å². The Morgan fingerprint density at radius 1 is 1.33 bits per heavy atom. The molecule has 2 aliphatic heterocycles. The Kier molecular flexibility index (Phi) is 5.37. The molecule has 0 aromatic carbocycles. The van der Waals surface area contributed by atoms with Crippen molar-refractivity contribution in [2.75, 3.05) is 19.6 Å². The quantitative estimate of drug-likeness (QED) is 0.854. The third-order valence-electron chi connectivity index (χ3n) is 3.88. The van der Waals surface area contributed by atoms with Gasteiger partial charge in [-0.05, 0) is 46.2 Å². The summed E-state index contributed by atoms with van der Waals surface area (Å²) in [5, 5.41) is 5.36. The maximum absolute atomic E-state index is 4.79. The summed E-state index contributed by atoms with van der Waals surface area (Å²) in [5.41, 5.74) is 0. The number of rotatable bonds is 3. The average molecular weight is 269 g/mol. The molecular formula is C14H27N3S. The molecule has 2 saturated heterocycles. The third-order valence-corrected chi connectivity index (χ3v) is 4.95. The second kappa shape index (κ2) is 6.80. The van der Waals surface area contributed by atoms with Crippen molar-refractivity contribution < 1.29 is 0 Å². The van der Waals surface area contributed by atoms with Crippen LogP contribution >= 0.6 is 11.8 Å². The fourth-order valence-corrected chi connectivity index (χ4v) is 4.00. The van der Waals surface area contributed by atoms with Crippen LogP contribution in [-0.4, -0.2) is 47.0 Å². The van der Waals surface area contributed by atoms with Crippen LogP contribution in [0.2, 0.25) is 0 Å². The van der Waals surface area contributed by atoms with E-state index in [1.807, 2.05) is 11.8 Å². The minimum atomic E-state index is 0.574. The van der Waals surface area contributed by atoms with Crippen molar-refractivity contribution in [3.63, 3.8) is 0 Å². The van der Waals surface area contributed by atoms with Crippen LogP contribution in [0.25, 0.3) is 0 Å². The number of piperidine rings is 1. The van der Waals surface area contributed by atoms with Crippen molar-refractivity contribution in [2.45, 2.75) is 63.8 Å². The van der Waals surface area contributed by atoms with Crippen molar-refractivity contribution >= 4 is 16.9 Å². The Labute approximate surface area is 116 Å². The Balaban J connectivity index is 1.81. The monoisotopic (exact) mass is 269 g/mol. The van der Waals surface area contributed by atoms with Gasteiger partial charge in [0.25, 0.3) is 0 Å². The van der Waals surface area contributed by atoms with Gasteiger partial charge in [-0.25, -0.2) is 0 Å². The van der Waals surface area contributed by atoms with Crippen LogP contribution in [0.5, 0.6) is 0 Å². The van der Waals surface area contributed by atoms with Crippen molar-refractivity contribution in [3.8, 4) is 0 Å². The molecule has 1 N–H and O–H groups in total. The van der Waals surface area contributed by atoms with E-state index in [0.29, 0.717) is 17.3 Å². The van der Waals surface area contributed by atoms with E-state index in [1.165, 1.54) is 38.8 Å². The van der Waals surface area contributed by atoms with Crippen LogP contribution in [0.3, 0.4) is 0 Å². The molecule has 2 aliphatic rings. The molecule has 0 radical (unpaired) electrons. The highest BCUT2D eigenvalue weighted by molar-refractivity contribution is 8.14. The van der Waals surface area contributed by atoms with Crippen LogP contribution in [0.4, 0.5) is 0 Å². The first kappa shape index (κ1) is 14.2. The predicted octanol–water partition coefficient (Wildman–Crippen LogP) is 2.72. The van der Waals surface area contributed by atoms with E-state index in [0.717, 1.165) is 11.7 Å². The van der Waals surface area contributed by atoms with Crippen LogP contribution in [0.15, 0.2) is 4.99 Å². The summed E-state index contributed by atoms with van der Waals surface area (Å²) in [4.78, 5) is 7.38. The molecule has 0 aromatic heterocycles. The molecule has 18 heavy (non-hydrogen) atoms. The van der Waals surface area contributed by atoms with Gasteiger partial charge in [0.1, 0.15) is 0 Å². The van der Waals surface area contributed by atoms with E-state index in [-0.39, 0.29) is 0 Å². The molecule has 2 heterocycles. The molecule has 3 atom stereocenters. The van der Waals surface area contributed by atoms with Crippen molar-refractivity contribution in [1.29, 1.82) is 0 Å². The summed E-state index contributed by atoms with van der Waals surface area (Å²) in [7, 11) is 0. The number of aliphatic imine (C=N–C) groups is 1. The third kappa shape index (κ3) is 4.16. The first-order chi connectivity index (χ1) is 8.65. The molecule has 0 aliphatic carbocycles. The van der Waals surface area contributed by atoms with Gasteiger partial charge in [-0.3, -0.25) is 9.89 Å². The van der Waals surface area contributed by atoms with Crippen molar-refractivity contribution in [3.05, 3.63) is 0 Å². The van der Waals surface area contributed by atoms with Crippen LogP contribution in [0, 0.1) is 0 Å². The van der Waals surface area contributed by atoms with Crippen molar-refractivity contribution in [2.24, 2.45) is 4.99 Å². The molecule has 4 heteroatoms. The summed E-state index contributed by atoms with van der Waals surface area (Å²) < 4.78 is 0. The second-order valence-electron chi connectivity index (χ2n) is 5.80. The number of thioether (sulfide) groups is 1. The average Bonchev–Trinajstić information content (AvgIpc) is 2.36. The van der Waals surface area contributed by atoms with E-state index in [9.17, 15) is 0 Å². The Bertz CT molecular complexity index is 275. The number of likely N-dealkylation sites (tertiary alicyclic amines) is 1. The maximum Gasteiger partial charge on any atom is 0.157 e. The highest BCUT2D eigenvalue weighted by atomic mass is 32.2. The summed E-state index contributed by atoms with van der Waals surface area (Å²) >= 11 is 1.90. The largest absolute Gasteiger partial charge is 0.362 e. The minimum absolute atomic E-state index is 0.574. The Morgan fingerprint density at radius 2 is 2.06 bits per heavy atom. The van der Waals surface area contributed by atoms with Gasteiger partial charge in [-0.2, -0.15) is 0 Å². The zero-order chi connectivity index (χ0) is 13.0. The van der Waals surface area contributed by atoms with Gasteiger partial charge in [0.15, 0.2) is 5.17 Å². The van der Waals surface area contributed by atoms with Gasteiger partial charge >= 0.3 is 0 Å². The molecule has 3 unspecified atom stereocenters. The molecule has 2 rings (SSSR count). The normalized spacial score (nSPS) is 34.3. The fourth-order valence-electron chi connectivity index (χ4n) is 2.81. The Morgan fingerprint density at radius 3 is 2.72 bits per heavy atom. The SMILES string of the molecule is CC1CC(C)SC(=NCC(C)N2CCCCC2)N1. The smallest absolute Gasteiger partial charge is 0.157 e. The van der Waals surface area contributed by atoms with E-state index < -0.39 is 0 Å². The van der Waals surface area contributed by atoms with Crippen LogP contribution in [-0.2, 0) is 0 Å². The van der Waals surface area contributed by atoms with E-state index in [1.54, 1.807) is 0 Å². The minimum Gasteiger partial charge on any atom is -0.362 e. The molecule has 3 nitrogen and oxygen atoms in total. The summed E-state index contributed by atoms with van der Waals surface area (Å²) in [6, 6.07) is 1.16.